The van der Waals surface area contributed by atoms with E-state index in [0.717, 1.165) is 77.0 Å². The van der Waals surface area contributed by atoms with Crippen LogP contribution in [0.2, 0.25) is 0 Å². The summed E-state index contributed by atoms with van der Waals surface area (Å²) in [5, 5.41) is 23.8. The number of amides is 1. The van der Waals surface area contributed by atoms with Gasteiger partial charge in [-0.1, -0.05) is 229 Å². The third-order valence-electron chi connectivity index (χ3n) is 12.6. The molecule has 3 atom stereocenters. The molecular formula is C59H107NO5. The lowest BCUT2D eigenvalue weighted by Crippen LogP contribution is -2.46. The van der Waals surface area contributed by atoms with E-state index in [1.54, 1.807) is 0 Å². The number of aliphatic hydroxyl groups is 2. The zero-order valence-corrected chi connectivity index (χ0v) is 43.1. The first-order chi connectivity index (χ1) is 32.0. The lowest BCUT2D eigenvalue weighted by molar-refractivity contribution is -0.151. The van der Waals surface area contributed by atoms with Gasteiger partial charge in [-0.15, -0.1) is 0 Å². The molecule has 0 fully saturated rings. The molecule has 0 spiro atoms. The molecule has 65 heavy (non-hydrogen) atoms. The molecule has 0 aromatic heterocycles. The summed E-state index contributed by atoms with van der Waals surface area (Å²) in [5.74, 6) is -0.511. The first kappa shape index (κ1) is 62.6. The van der Waals surface area contributed by atoms with Gasteiger partial charge in [0.05, 0.1) is 25.2 Å². The van der Waals surface area contributed by atoms with E-state index in [1.807, 2.05) is 0 Å². The lowest BCUT2D eigenvalue weighted by atomic mass is 10.0. The first-order valence-corrected chi connectivity index (χ1v) is 28.0. The van der Waals surface area contributed by atoms with Gasteiger partial charge in [0, 0.05) is 6.42 Å². The zero-order valence-electron chi connectivity index (χ0n) is 43.1. The number of ether oxygens (including phenoxy) is 1. The topological polar surface area (TPSA) is 95.9 Å². The van der Waals surface area contributed by atoms with Crippen LogP contribution in [0.1, 0.15) is 278 Å². The van der Waals surface area contributed by atoms with E-state index < -0.39 is 18.2 Å². The van der Waals surface area contributed by atoms with E-state index in [0.29, 0.717) is 19.3 Å². The summed E-state index contributed by atoms with van der Waals surface area (Å²) >= 11 is 0. The van der Waals surface area contributed by atoms with Crippen molar-refractivity contribution in [3.63, 3.8) is 0 Å². The summed E-state index contributed by atoms with van der Waals surface area (Å²) in [4.78, 5) is 26.2. The van der Waals surface area contributed by atoms with Crippen LogP contribution in [0.4, 0.5) is 0 Å². The highest BCUT2D eigenvalue weighted by molar-refractivity contribution is 5.77. The Morgan fingerprint density at radius 3 is 1.23 bits per heavy atom. The molecule has 0 aromatic carbocycles. The summed E-state index contributed by atoms with van der Waals surface area (Å²) < 4.78 is 5.94. The van der Waals surface area contributed by atoms with Crippen LogP contribution in [-0.4, -0.2) is 46.9 Å². The van der Waals surface area contributed by atoms with Gasteiger partial charge in [-0.3, -0.25) is 9.59 Å². The maximum Gasteiger partial charge on any atom is 0.306 e. The minimum Gasteiger partial charge on any atom is -0.462 e. The molecule has 3 unspecified atom stereocenters. The molecule has 0 aliphatic carbocycles. The number of esters is 1. The fraction of sp³-hybridized carbons (Fsp3) is 0.797. The van der Waals surface area contributed by atoms with Crippen LogP contribution in [0, 0.1) is 0 Å². The molecule has 378 valence electrons. The maximum atomic E-state index is 13.2. The molecule has 0 bridgehead atoms. The predicted octanol–water partition coefficient (Wildman–Crippen LogP) is 17.2. The quantitative estimate of drug-likeness (QED) is 0.0321. The van der Waals surface area contributed by atoms with Crippen LogP contribution in [0.25, 0.3) is 0 Å². The van der Waals surface area contributed by atoms with Crippen molar-refractivity contribution in [1.82, 2.24) is 5.32 Å². The number of rotatable bonds is 50. The maximum absolute atomic E-state index is 13.2. The second-order valence-electron chi connectivity index (χ2n) is 19.0. The number of carbonyl (C=O) groups is 2. The van der Waals surface area contributed by atoms with Gasteiger partial charge in [-0.05, 0) is 96.3 Å². The van der Waals surface area contributed by atoms with Crippen molar-refractivity contribution in [2.24, 2.45) is 0 Å². The number of aliphatic hydroxyl groups excluding tert-OH is 2. The van der Waals surface area contributed by atoms with Gasteiger partial charge in [0.25, 0.3) is 0 Å². The Kier molecular flexibility index (Phi) is 50.6. The van der Waals surface area contributed by atoms with Crippen molar-refractivity contribution < 1.29 is 24.5 Å². The van der Waals surface area contributed by atoms with Crippen molar-refractivity contribution in [2.75, 3.05) is 6.61 Å². The Morgan fingerprint density at radius 1 is 0.446 bits per heavy atom. The third-order valence-corrected chi connectivity index (χ3v) is 12.6. The van der Waals surface area contributed by atoms with E-state index in [4.69, 9.17) is 4.74 Å². The Bertz CT molecular complexity index is 1160. The molecule has 0 saturated heterocycles. The van der Waals surface area contributed by atoms with Crippen LogP contribution in [0.3, 0.4) is 0 Å². The van der Waals surface area contributed by atoms with Gasteiger partial charge in [0.1, 0.15) is 6.10 Å². The minimum absolute atomic E-state index is 0.0497. The van der Waals surface area contributed by atoms with Crippen LogP contribution in [0.15, 0.2) is 60.8 Å². The highest BCUT2D eigenvalue weighted by atomic mass is 16.5. The number of hydrogen-bond acceptors (Lipinski definition) is 5. The molecule has 0 aliphatic rings. The first-order valence-electron chi connectivity index (χ1n) is 28.0. The lowest BCUT2D eigenvalue weighted by Gasteiger charge is -2.24. The van der Waals surface area contributed by atoms with Crippen LogP contribution in [-0.2, 0) is 14.3 Å². The number of carbonyl (C=O) groups excluding carboxylic acids is 2. The van der Waals surface area contributed by atoms with E-state index in [1.165, 1.54) is 154 Å². The Labute approximate surface area is 403 Å². The summed E-state index contributed by atoms with van der Waals surface area (Å²) in [6.07, 6.45) is 65.7. The number of allylic oxidation sites excluding steroid dienone is 10. The normalized spacial score (nSPS) is 13.6. The number of nitrogens with one attached hydrogen (secondary N) is 1. The summed E-state index contributed by atoms with van der Waals surface area (Å²) in [7, 11) is 0. The third kappa shape index (κ3) is 47.8. The summed E-state index contributed by atoms with van der Waals surface area (Å²) in [5.41, 5.74) is 0. The molecule has 0 radical (unpaired) electrons. The average molecular weight is 911 g/mol. The zero-order chi connectivity index (χ0) is 47.4. The van der Waals surface area contributed by atoms with Crippen molar-refractivity contribution in [3.8, 4) is 0 Å². The predicted molar refractivity (Wildman–Crippen MR) is 282 cm³/mol. The summed E-state index contributed by atoms with van der Waals surface area (Å²) in [6.45, 7) is 6.43. The van der Waals surface area contributed by atoms with Gasteiger partial charge in [-0.2, -0.15) is 0 Å². The second-order valence-corrected chi connectivity index (χ2v) is 19.0. The standard InChI is InChI=1S/C59H107NO5/c1-4-7-10-13-16-19-22-25-27-28-29-30-32-34-37-40-43-46-49-52-59(64)65-55(50-47-44-41-38-35-33-31-26-23-20-17-14-11-8-5-2)53-58(63)60-56(54-61)57(62)51-48-45-42-39-36-24-21-18-15-12-9-6-3/h16-17,19-20,25-27,31,35,38,55-57,61-62H,4-15,18,21-24,28-30,32-34,36-37,39-54H2,1-3H3,(H,60,63)/b19-16-,20-17-,27-25-,31-26-,38-35-. The van der Waals surface area contributed by atoms with Crippen LogP contribution >= 0.6 is 0 Å². The second kappa shape index (κ2) is 52.5. The molecule has 6 nitrogen and oxygen atoms in total. The highest BCUT2D eigenvalue weighted by Crippen LogP contribution is 2.17. The molecule has 1 amide bonds. The van der Waals surface area contributed by atoms with Gasteiger partial charge in [-0.25, -0.2) is 0 Å². The molecule has 0 rings (SSSR count). The monoisotopic (exact) mass is 910 g/mol. The summed E-state index contributed by atoms with van der Waals surface area (Å²) in [6, 6.07) is -0.716. The minimum atomic E-state index is -0.799. The molecule has 0 aromatic rings. The van der Waals surface area contributed by atoms with Crippen LogP contribution < -0.4 is 5.32 Å². The molecule has 0 saturated carbocycles. The number of hydrogen-bond donors (Lipinski definition) is 3. The van der Waals surface area contributed by atoms with E-state index >= 15 is 0 Å². The molecule has 3 N–H and O–H groups in total. The van der Waals surface area contributed by atoms with Gasteiger partial charge in [0.15, 0.2) is 0 Å². The highest BCUT2D eigenvalue weighted by Gasteiger charge is 2.24. The Morgan fingerprint density at radius 2 is 0.785 bits per heavy atom. The molecule has 6 heteroatoms. The Balaban J connectivity index is 4.61. The fourth-order valence-corrected chi connectivity index (χ4v) is 8.29. The van der Waals surface area contributed by atoms with Gasteiger partial charge < -0.3 is 20.3 Å². The molecule has 0 aliphatic heterocycles. The van der Waals surface area contributed by atoms with Crippen molar-refractivity contribution >= 4 is 11.9 Å². The van der Waals surface area contributed by atoms with Gasteiger partial charge in [0.2, 0.25) is 5.91 Å². The van der Waals surface area contributed by atoms with Crippen LogP contribution in [0.5, 0.6) is 0 Å². The van der Waals surface area contributed by atoms with Crippen molar-refractivity contribution in [2.45, 2.75) is 296 Å². The number of unbranched alkanes of at least 4 members (excludes halogenated alkanes) is 28. The largest absolute Gasteiger partial charge is 0.462 e. The van der Waals surface area contributed by atoms with Crippen molar-refractivity contribution in [3.05, 3.63) is 60.8 Å². The van der Waals surface area contributed by atoms with Gasteiger partial charge >= 0.3 is 5.97 Å². The smallest absolute Gasteiger partial charge is 0.306 e. The SMILES string of the molecule is CCCCC/C=C\C/C=C\C/C=C\CCCCC(CC(=O)NC(CO)C(O)CCCCCCCCCCCCCC)OC(=O)CCCCCCCCCCC/C=C\C/C=C\CCCCC. The van der Waals surface area contributed by atoms with Crippen molar-refractivity contribution in [1.29, 1.82) is 0 Å². The average Bonchev–Trinajstić information content (AvgIpc) is 3.30. The fourth-order valence-electron chi connectivity index (χ4n) is 8.29. The Hall–Kier alpha value is -2.44. The molecule has 0 heterocycles. The van der Waals surface area contributed by atoms with E-state index in [2.05, 4.69) is 86.8 Å². The van der Waals surface area contributed by atoms with E-state index in [9.17, 15) is 19.8 Å². The molecular weight excluding hydrogens is 803 g/mol. The van der Waals surface area contributed by atoms with E-state index in [-0.39, 0.29) is 24.9 Å².